The Balaban J connectivity index is 0.00000176. The van der Waals surface area contributed by atoms with Crippen molar-refractivity contribution in [2.45, 2.75) is 6.92 Å². The van der Waals surface area contributed by atoms with E-state index in [0.29, 0.717) is 17.1 Å². The van der Waals surface area contributed by atoms with Crippen LogP contribution < -0.4 is 4.74 Å². The van der Waals surface area contributed by atoms with Crippen LogP contribution in [-0.2, 0) is 0 Å². The van der Waals surface area contributed by atoms with E-state index >= 15 is 0 Å². The Morgan fingerprint density at radius 2 is 2.05 bits per heavy atom. The first kappa shape index (κ1) is 16.5. The van der Waals surface area contributed by atoms with Crippen LogP contribution in [0.3, 0.4) is 0 Å². The maximum absolute atomic E-state index is 11.2. The van der Waals surface area contributed by atoms with Crippen LogP contribution >= 0.6 is 0 Å². The zero-order valence-electron chi connectivity index (χ0n) is 12.6. The average Bonchev–Trinajstić information content (AvgIpc) is 2.91. The number of methoxy groups -OCH3 is 1. The number of aryl methyl sites for hydroxylation is 1. The van der Waals surface area contributed by atoms with Gasteiger partial charge in [-0.25, -0.2) is 14.8 Å². The van der Waals surface area contributed by atoms with E-state index in [0.717, 1.165) is 11.3 Å². The number of benzene rings is 1. The molecule has 1 N–H and O–H groups in total. The van der Waals surface area contributed by atoms with Crippen molar-refractivity contribution in [2.24, 2.45) is 0 Å². The van der Waals surface area contributed by atoms with Gasteiger partial charge in [-0.2, -0.15) is 0 Å². The fraction of sp³-hybridized carbons (Fsp3) is 0.133. The number of carboxylic acid groups (broad SMARTS) is 1. The van der Waals surface area contributed by atoms with Crippen molar-refractivity contribution in [2.75, 3.05) is 7.11 Å². The monoisotopic (exact) mass is 306 g/mol. The molecule has 0 saturated heterocycles. The molecule has 107 valence electrons. The summed E-state index contributed by atoms with van der Waals surface area (Å²) in [6, 6.07) is 9.35. The molecule has 22 heavy (non-hydrogen) atoms. The van der Waals surface area contributed by atoms with Crippen molar-refractivity contribution < 1.29 is 14.6 Å². The number of aromatic carboxylic acids is 1. The van der Waals surface area contributed by atoms with E-state index < -0.39 is 5.97 Å². The summed E-state index contributed by atoms with van der Waals surface area (Å²) in [6.45, 7) is 1.88. The summed E-state index contributed by atoms with van der Waals surface area (Å²) in [5.74, 6) is -0.410. The predicted octanol–water partition coefficient (Wildman–Crippen LogP) is 2.03. The molecule has 0 fully saturated rings. The molecule has 2 heterocycles. The average molecular weight is 306 g/mol. The number of carboxylic acids is 1. The number of para-hydroxylation sites is 1. The molecule has 0 bridgehead atoms. The molecule has 3 rings (SSSR count). The molecular weight excluding hydrogens is 293 g/mol. The van der Waals surface area contributed by atoms with Gasteiger partial charge in [0.15, 0.2) is 11.3 Å². The van der Waals surface area contributed by atoms with E-state index in [1.807, 2.05) is 37.3 Å². The third-order valence-corrected chi connectivity index (χ3v) is 3.28. The van der Waals surface area contributed by atoms with Crippen LogP contribution in [0.15, 0.2) is 36.7 Å². The molecule has 2 aromatic heterocycles. The second kappa shape index (κ2) is 6.48. The normalized spacial score (nSPS) is 10.3. The zero-order chi connectivity index (χ0) is 15.0. The van der Waals surface area contributed by atoms with Gasteiger partial charge < -0.3 is 9.84 Å². The zero-order valence-corrected chi connectivity index (χ0v) is 14.6. The molecule has 0 aliphatic heterocycles. The second-order valence-electron chi connectivity index (χ2n) is 4.57. The number of rotatable bonds is 3. The van der Waals surface area contributed by atoms with E-state index in [9.17, 15) is 9.90 Å². The Bertz CT molecular complexity index is 845. The Labute approximate surface area is 149 Å². The summed E-state index contributed by atoms with van der Waals surface area (Å²) in [5, 5.41) is 9.18. The third-order valence-electron chi connectivity index (χ3n) is 3.28. The van der Waals surface area contributed by atoms with Crippen LogP contribution in [0.1, 0.15) is 16.2 Å². The number of hydrogen-bond acceptors (Lipinski definition) is 4. The number of ether oxygens (including phenoxy) is 1. The molecule has 7 heteroatoms. The van der Waals surface area contributed by atoms with Crippen LogP contribution in [0.5, 0.6) is 5.75 Å². The first-order valence-electron chi connectivity index (χ1n) is 6.33. The maximum Gasteiger partial charge on any atom is 0.358 e. The standard InChI is InChI=1S/C15H13N3O3.Na/c1-9-7-11(10-5-3-4-6-12(10)21-2)17-14-13(15(19)20)16-8-18(9)14;/h3-8H,1-2H3,(H,19,20);. The van der Waals surface area contributed by atoms with Gasteiger partial charge in [-0.15, -0.1) is 0 Å². The molecule has 1 radical (unpaired) electrons. The molecule has 0 amide bonds. The topological polar surface area (TPSA) is 76.7 Å². The Morgan fingerprint density at radius 3 is 2.73 bits per heavy atom. The van der Waals surface area contributed by atoms with Crippen LogP contribution in [0, 0.1) is 6.92 Å². The van der Waals surface area contributed by atoms with Crippen molar-refractivity contribution in [1.82, 2.24) is 14.4 Å². The van der Waals surface area contributed by atoms with Crippen molar-refractivity contribution in [3.05, 3.63) is 48.0 Å². The smallest absolute Gasteiger partial charge is 0.358 e. The quantitative estimate of drug-likeness (QED) is 0.749. The maximum atomic E-state index is 11.2. The molecule has 0 saturated carbocycles. The summed E-state index contributed by atoms with van der Waals surface area (Å²) in [6.07, 6.45) is 1.47. The summed E-state index contributed by atoms with van der Waals surface area (Å²) in [5.41, 5.74) is 2.57. The van der Waals surface area contributed by atoms with Crippen LogP contribution in [0.4, 0.5) is 0 Å². The number of carbonyl (C=O) groups is 1. The van der Waals surface area contributed by atoms with Crippen LogP contribution in [0.25, 0.3) is 16.9 Å². The van der Waals surface area contributed by atoms with Crippen LogP contribution in [0.2, 0.25) is 0 Å². The molecule has 6 nitrogen and oxygen atoms in total. The van der Waals surface area contributed by atoms with Gasteiger partial charge in [-0.05, 0) is 25.1 Å². The predicted molar refractivity (Wildman–Crippen MR) is 82.4 cm³/mol. The third kappa shape index (κ3) is 2.72. The molecule has 3 aromatic rings. The van der Waals surface area contributed by atoms with E-state index in [1.165, 1.54) is 6.33 Å². The summed E-state index contributed by atoms with van der Waals surface area (Å²) < 4.78 is 6.99. The van der Waals surface area contributed by atoms with Crippen molar-refractivity contribution >= 4 is 41.2 Å². The van der Waals surface area contributed by atoms with Crippen molar-refractivity contribution in [3.8, 4) is 17.0 Å². The van der Waals surface area contributed by atoms with Crippen molar-refractivity contribution in [1.29, 1.82) is 0 Å². The largest absolute Gasteiger partial charge is 0.496 e. The molecule has 1 aromatic carbocycles. The minimum Gasteiger partial charge on any atom is -0.496 e. The van der Waals surface area contributed by atoms with Gasteiger partial charge in [0.2, 0.25) is 0 Å². The van der Waals surface area contributed by atoms with Gasteiger partial charge in [0.25, 0.3) is 0 Å². The van der Waals surface area contributed by atoms with Crippen LogP contribution in [-0.4, -0.2) is 62.1 Å². The number of nitrogens with zero attached hydrogens (tertiary/aromatic N) is 3. The van der Waals surface area contributed by atoms with Gasteiger partial charge in [0.1, 0.15) is 12.1 Å². The first-order valence-corrected chi connectivity index (χ1v) is 6.33. The number of hydrogen-bond donors (Lipinski definition) is 1. The minimum atomic E-state index is -1.10. The molecule has 0 unspecified atom stereocenters. The number of aromatic nitrogens is 3. The Morgan fingerprint density at radius 1 is 1.32 bits per heavy atom. The van der Waals surface area contributed by atoms with Gasteiger partial charge in [-0.3, -0.25) is 4.40 Å². The van der Waals surface area contributed by atoms with E-state index in [4.69, 9.17) is 4.74 Å². The molecular formula is C15H13N3NaO3. The molecule has 0 aliphatic rings. The molecule has 0 aliphatic carbocycles. The van der Waals surface area contributed by atoms with Gasteiger partial charge >= 0.3 is 5.97 Å². The molecule has 0 atom stereocenters. The second-order valence-corrected chi connectivity index (χ2v) is 4.57. The summed E-state index contributed by atoms with van der Waals surface area (Å²) in [4.78, 5) is 19.6. The number of fused-ring (bicyclic) bond motifs is 1. The number of imidazole rings is 1. The van der Waals surface area contributed by atoms with Gasteiger partial charge in [0.05, 0.1) is 12.8 Å². The summed E-state index contributed by atoms with van der Waals surface area (Å²) in [7, 11) is 1.59. The Kier molecular flexibility index (Phi) is 4.85. The first-order chi connectivity index (χ1) is 10.1. The fourth-order valence-electron chi connectivity index (χ4n) is 2.27. The minimum absolute atomic E-state index is 0. The van der Waals surface area contributed by atoms with E-state index in [-0.39, 0.29) is 35.3 Å². The van der Waals surface area contributed by atoms with Crippen molar-refractivity contribution in [3.63, 3.8) is 0 Å². The van der Waals surface area contributed by atoms with Gasteiger partial charge in [-0.1, -0.05) is 12.1 Å². The molecule has 0 spiro atoms. The van der Waals surface area contributed by atoms with E-state index in [1.54, 1.807) is 11.5 Å². The van der Waals surface area contributed by atoms with Gasteiger partial charge in [0, 0.05) is 40.8 Å². The fourth-order valence-corrected chi connectivity index (χ4v) is 2.27. The Hall–Kier alpha value is -1.89. The van der Waals surface area contributed by atoms with E-state index in [2.05, 4.69) is 9.97 Å². The SMILES string of the molecule is COc1ccccc1-c1cc(C)n2cnc(C(=O)O)c2n1.[Na]. The summed E-state index contributed by atoms with van der Waals surface area (Å²) >= 11 is 0.